The molecular weight excluding hydrogens is 302 g/mol. The number of amides is 2. The van der Waals surface area contributed by atoms with E-state index in [9.17, 15) is 9.59 Å². The molecule has 1 aromatic rings. The molecule has 1 aliphatic heterocycles. The van der Waals surface area contributed by atoms with Gasteiger partial charge in [-0.05, 0) is 43.0 Å². The van der Waals surface area contributed by atoms with Gasteiger partial charge in [-0.2, -0.15) is 0 Å². The zero-order valence-corrected chi connectivity index (χ0v) is 15.4. The first-order valence-corrected chi connectivity index (χ1v) is 8.48. The van der Waals surface area contributed by atoms with Crippen molar-refractivity contribution in [3.63, 3.8) is 0 Å². The molecule has 0 radical (unpaired) electrons. The molecule has 0 aliphatic carbocycles. The molecule has 1 aromatic carbocycles. The predicted octanol–water partition coefficient (Wildman–Crippen LogP) is 2.10. The van der Waals surface area contributed by atoms with Gasteiger partial charge in [0.15, 0.2) is 0 Å². The number of hydrogen-bond donors (Lipinski definition) is 1. The molecule has 0 saturated carbocycles. The lowest BCUT2D eigenvalue weighted by molar-refractivity contribution is -0.135. The molecule has 1 heterocycles. The SMILES string of the molecule is Cc1cccc(N2CC(C(=O)N(C)CC(C)(C)CN)CC2=O)c1C. The third-order valence-electron chi connectivity index (χ3n) is 4.94. The van der Waals surface area contributed by atoms with Crippen molar-refractivity contribution in [1.82, 2.24) is 4.90 Å². The number of rotatable bonds is 5. The van der Waals surface area contributed by atoms with Gasteiger partial charge in [0.25, 0.3) is 0 Å². The van der Waals surface area contributed by atoms with E-state index in [1.165, 1.54) is 0 Å². The normalized spacial score (nSPS) is 18.2. The fraction of sp³-hybridized carbons (Fsp3) is 0.579. The molecule has 1 saturated heterocycles. The highest BCUT2D eigenvalue weighted by Gasteiger charge is 2.37. The summed E-state index contributed by atoms with van der Waals surface area (Å²) < 4.78 is 0. The number of carbonyl (C=O) groups is 2. The van der Waals surface area contributed by atoms with Crippen LogP contribution in [0.5, 0.6) is 0 Å². The molecule has 1 unspecified atom stereocenters. The highest BCUT2D eigenvalue weighted by Crippen LogP contribution is 2.30. The summed E-state index contributed by atoms with van der Waals surface area (Å²) in [5.41, 5.74) is 8.79. The Hall–Kier alpha value is -1.88. The Morgan fingerprint density at radius 1 is 1.38 bits per heavy atom. The van der Waals surface area contributed by atoms with Crippen LogP contribution in [0.15, 0.2) is 18.2 Å². The largest absolute Gasteiger partial charge is 0.345 e. The Morgan fingerprint density at radius 2 is 2.04 bits per heavy atom. The van der Waals surface area contributed by atoms with Gasteiger partial charge >= 0.3 is 0 Å². The van der Waals surface area contributed by atoms with Crippen molar-refractivity contribution < 1.29 is 9.59 Å². The van der Waals surface area contributed by atoms with Crippen molar-refractivity contribution in [1.29, 1.82) is 0 Å². The predicted molar refractivity (Wildman–Crippen MR) is 96.8 cm³/mol. The van der Waals surface area contributed by atoms with Crippen molar-refractivity contribution in [3.8, 4) is 0 Å². The van der Waals surface area contributed by atoms with Crippen molar-refractivity contribution in [2.24, 2.45) is 17.1 Å². The molecule has 132 valence electrons. The number of nitrogens with two attached hydrogens (primary N) is 1. The van der Waals surface area contributed by atoms with Crippen LogP contribution in [0, 0.1) is 25.2 Å². The van der Waals surface area contributed by atoms with Crippen molar-refractivity contribution in [3.05, 3.63) is 29.3 Å². The van der Waals surface area contributed by atoms with Crippen LogP contribution in [-0.4, -0.2) is 43.4 Å². The molecule has 5 nitrogen and oxygen atoms in total. The van der Waals surface area contributed by atoms with Gasteiger partial charge in [0.1, 0.15) is 0 Å². The molecule has 1 atom stereocenters. The fourth-order valence-electron chi connectivity index (χ4n) is 3.23. The Labute approximate surface area is 144 Å². The molecule has 0 spiro atoms. The van der Waals surface area contributed by atoms with Gasteiger partial charge in [0.2, 0.25) is 11.8 Å². The van der Waals surface area contributed by atoms with Gasteiger partial charge in [0, 0.05) is 32.2 Å². The van der Waals surface area contributed by atoms with Crippen molar-refractivity contribution in [2.75, 3.05) is 31.6 Å². The smallest absolute Gasteiger partial charge is 0.227 e. The second-order valence-corrected chi connectivity index (χ2v) is 7.69. The minimum absolute atomic E-state index is 0.0218. The summed E-state index contributed by atoms with van der Waals surface area (Å²) in [6.45, 7) is 9.69. The molecule has 0 aromatic heterocycles. The lowest BCUT2D eigenvalue weighted by Crippen LogP contribution is -2.42. The number of nitrogens with zero attached hydrogens (tertiary/aromatic N) is 2. The van der Waals surface area contributed by atoms with Crippen LogP contribution in [0.4, 0.5) is 5.69 Å². The Kier molecular flexibility index (Phi) is 5.33. The van der Waals surface area contributed by atoms with Gasteiger partial charge in [-0.1, -0.05) is 26.0 Å². The highest BCUT2D eigenvalue weighted by molar-refractivity contribution is 6.00. The van der Waals surface area contributed by atoms with Gasteiger partial charge in [-0.25, -0.2) is 0 Å². The summed E-state index contributed by atoms with van der Waals surface area (Å²) in [6.07, 6.45) is 0.277. The maximum absolute atomic E-state index is 12.7. The Bertz CT molecular complexity index is 639. The Balaban J connectivity index is 2.12. The number of hydrogen-bond acceptors (Lipinski definition) is 3. The van der Waals surface area contributed by atoms with E-state index >= 15 is 0 Å². The summed E-state index contributed by atoms with van der Waals surface area (Å²) >= 11 is 0. The number of aryl methyl sites for hydroxylation is 1. The van der Waals surface area contributed by atoms with E-state index < -0.39 is 0 Å². The molecule has 1 fully saturated rings. The van der Waals surface area contributed by atoms with Crippen LogP contribution in [0.2, 0.25) is 0 Å². The number of anilines is 1. The summed E-state index contributed by atoms with van der Waals surface area (Å²) in [5.74, 6) is -0.234. The van der Waals surface area contributed by atoms with Gasteiger partial charge in [-0.3, -0.25) is 9.59 Å². The zero-order chi connectivity index (χ0) is 18.1. The molecular formula is C19H29N3O2. The molecule has 2 N–H and O–H groups in total. The number of benzene rings is 1. The Morgan fingerprint density at radius 3 is 2.67 bits per heavy atom. The third kappa shape index (κ3) is 3.78. The monoisotopic (exact) mass is 331 g/mol. The average molecular weight is 331 g/mol. The maximum atomic E-state index is 12.7. The quantitative estimate of drug-likeness (QED) is 0.898. The maximum Gasteiger partial charge on any atom is 0.227 e. The van der Waals surface area contributed by atoms with E-state index in [1.807, 2.05) is 45.9 Å². The standard InChI is InChI=1S/C19H29N3O2/c1-13-7-6-8-16(14(13)2)22-10-15(9-17(22)23)18(24)21(5)12-19(3,4)11-20/h6-8,15H,9-12,20H2,1-5H3. The fourth-order valence-corrected chi connectivity index (χ4v) is 3.23. The minimum atomic E-state index is -0.281. The molecule has 24 heavy (non-hydrogen) atoms. The van der Waals surface area contributed by atoms with E-state index in [0.29, 0.717) is 19.6 Å². The first-order valence-electron chi connectivity index (χ1n) is 8.48. The summed E-state index contributed by atoms with van der Waals surface area (Å²) in [7, 11) is 1.80. The number of carbonyl (C=O) groups excluding carboxylic acids is 2. The second kappa shape index (κ2) is 6.93. The summed E-state index contributed by atoms with van der Waals surface area (Å²) in [5, 5.41) is 0. The second-order valence-electron chi connectivity index (χ2n) is 7.69. The first kappa shape index (κ1) is 18.5. The van der Waals surface area contributed by atoms with E-state index in [-0.39, 0.29) is 29.6 Å². The molecule has 1 aliphatic rings. The molecule has 2 amide bonds. The molecule has 5 heteroatoms. The lowest BCUT2D eigenvalue weighted by atomic mass is 9.92. The lowest BCUT2D eigenvalue weighted by Gasteiger charge is -2.30. The van der Waals surface area contributed by atoms with Crippen LogP contribution in [-0.2, 0) is 9.59 Å². The van der Waals surface area contributed by atoms with Crippen LogP contribution >= 0.6 is 0 Å². The topological polar surface area (TPSA) is 66.6 Å². The van der Waals surface area contributed by atoms with Gasteiger partial charge in [0.05, 0.1) is 5.92 Å². The average Bonchev–Trinajstić information content (AvgIpc) is 2.90. The van der Waals surface area contributed by atoms with E-state index in [2.05, 4.69) is 0 Å². The van der Waals surface area contributed by atoms with Crippen LogP contribution < -0.4 is 10.6 Å². The summed E-state index contributed by atoms with van der Waals surface area (Å²) in [4.78, 5) is 28.6. The summed E-state index contributed by atoms with van der Waals surface area (Å²) in [6, 6.07) is 5.94. The molecule has 2 rings (SSSR count). The van der Waals surface area contributed by atoms with Gasteiger partial charge < -0.3 is 15.5 Å². The van der Waals surface area contributed by atoms with E-state index in [0.717, 1.165) is 16.8 Å². The van der Waals surface area contributed by atoms with E-state index in [1.54, 1.807) is 16.8 Å². The molecule has 0 bridgehead atoms. The van der Waals surface area contributed by atoms with Gasteiger partial charge in [-0.15, -0.1) is 0 Å². The van der Waals surface area contributed by atoms with E-state index in [4.69, 9.17) is 5.73 Å². The highest BCUT2D eigenvalue weighted by atomic mass is 16.2. The first-order chi connectivity index (χ1) is 11.2. The van der Waals surface area contributed by atoms with Crippen LogP contribution in [0.3, 0.4) is 0 Å². The van der Waals surface area contributed by atoms with Crippen molar-refractivity contribution in [2.45, 2.75) is 34.1 Å². The van der Waals surface area contributed by atoms with Crippen LogP contribution in [0.1, 0.15) is 31.4 Å². The minimum Gasteiger partial charge on any atom is -0.345 e. The zero-order valence-electron chi connectivity index (χ0n) is 15.4. The third-order valence-corrected chi connectivity index (χ3v) is 4.94. The van der Waals surface area contributed by atoms with Crippen molar-refractivity contribution >= 4 is 17.5 Å². The van der Waals surface area contributed by atoms with Crippen LogP contribution in [0.25, 0.3) is 0 Å².